The summed E-state index contributed by atoms with van der Waals surface area (Å²) in [6.45, 7) is 0.844. The van der Waals surface area contributed by atoms with Gasteiger partial charge in [0.1, 0.15) is 18.2 Å². The van der Waals surface area contributed by atoms with Crippen LogP contribution in [0.25, 0.3) is 0 Å². The van der Waals surface area contributed by atoms with Gasteiger partial charge in [0.05, 0.1) is 7.11 Å². The van der Waals surface area contributed by atoms with Crippen molar-refractivity contribution in [1.29, 1.82) is 0 Å². The Balaban J connectivity index is 2.20. The lowest BCUT2D eigenvalue weighted by atomic mass is 10.0. The lowest BCUT2D eigenvalue weighted by molar-refractivity contribution is -0.142. The molecule has 16 heavy (non-hydrogen) atoms. The normalized spacial score (nSPS) is 20.6. The molecule has 1 unspecified atom stereocenters. The van der Waals surface area contributed by atoms with E-state index in [1.54, 1.807) is 6.20 Å². The highest BCUT2D eigenvalue weighted by Crippen LogP contribution is 2.23. The quantitative estimate of drug-likeness (QED) is 0.697. The van der Waals surface area contributed by atoms with Crippen LogP contribution in [0.3, 0.4) is 0 Å². The largest absolute Gasteiger partial charge is 0.467 e. The van der Waals surface area contributed by atoms with Gasteiger partial charge in [0, 0.05) is 12.7 Å². The SMILES string of the molecule is COC(=O)C1CCCCN1c1ccncn1. The second-order valence-electron chi connectivity index (χ2n) is 3.80. The van der Waals surface area contributed by atoms with E-state index in [2.05, 4.69) is 9.97 Å². The molecule has 1 saturated heterocycles. The number of piperidine rings is 1. The van der Waals surface area contributed by atoms with E-state index in [-0.39, 0.29) is 12.0 Å². The third-order valence-corrected chi connectivity index (χ3v) is 2.84. The van der Waals surface area contributed by atoms with Gasteiger partial charge in [-0.25, -0.2) is 14.8 Å². The van der Waals surface area contributed by atoms with Crippen LogP contribution in [0.4, 0.5) is 5.82 Å². The van der Waals surface area contributed by atoms with Crippen molar-refractivity contribution >= 4 is 11.8 Å². The molecule has 1 fully saturated rings. The molecule has 5 heteroatoms. The minimum Gasteiger partial charge on any atom is -0.467 e. The number of nitrogens with zero attached hydrogens (tertiary/aromatic N) is 3. The summed E-state index contributed by atoms with van der Waals surface area (Å²) in [5, 5.41) is 0. The Hall–Kier alpha value is -1.65. The van der Waals surface area contributed by atoms with Crippen molar-refractivity contribution in [3.05, 3.63) is 18.6 Å². The topological polar surface area (TPSA) is 55.3 Å². The maximum atomic E-state index is 11.6. The number of hydrogen-bond acceptors (Lipinski definition) is 5. The van der Waals surface area contributed by atoms with Crippen LogP contribution in [0, 0.1) is 0 Å². The van der Waals surface area contributed by atoms with Crippen LogP contribution in [0.5, 0.6) is 0 Å². The van der Waals surface area contributed by atoms with Gasteiger partial charge in [-0.1, -0.05) is 0 Å². The van der Waals surface area contributed by atoms with Gasteiger partial charge in [0.2, 0.25) is 0 Å². The maximum Gasteiger partial charge on any atom is 0.328 e. The highest BCUT2D eigenvalue weighted by atomic mass is 16.5. The number of methoxy groups -OCH3 is 1. The molecule has 1 atom stereocenters. The predicted molar refractivity (Wildman–Crippen MR) is 59.0 cm³/mol. The van der Waals surface area contributed by atoms with Crippen molar-refractivity contribution in [1.82, 2.24) is 9.97 Å². The first-order valence-electron chi connectivity index (χ1n) is 5.43. The van der Waals surface area contributed by atoms with Crippen LogP contribution in [-0.2, 0) is 9.53 Å². The molecular weight excluding hydrogens is 206 g/mol. The molecule has 0 radical (unpaired) electrons. The van der Waals surface area contributed by atoms with E-state index in [0.29, 0.717) is 0 Å². The molecule has 1 aromatic rings. The smallest absolute Gasteiger partial charge is 0.328 e. The van der Waals surface area contributed by atoms with E-state index < -0.39 is 0 Å². The number of ether oxygens (including phenoxy) is 1. The number of rotatable bonds is 2. The molecule has 86 valence electrons. The molecule has 0 amide bonds. The lowest BCUT2D eigenvalue weighted by Gasteiger charge is -2.34. The first-order chi connectivity index (χ1) is 7.83. The summed E-state index contributed by atoms with van der Waals surface area (Å²) in [5.74, 6) is 0.614. The van der Waals surface area contributed by atoms with Gasteiger partial charge in [0.25, 0.3) is 0 Å². The second-order valence-corrected chi connectivity index (χ2v) is 3.80. The van der Waals surface area contributed by atoms with Gasteiger partial charge in [-0.2, -0.15) is 0 Å². The van der Waals surface area contributed by atoms with Gasteiger partial charge in [0.15, 0.2) is 0 Å². The van der Waals surface area contributed by atoms with Gasteiger partial charge < -0.3 is 9.64 Å². The van der Waals surface area contributed by atoms with Crippen LogP contribution in [0.1, 0.15) is 19.3 Å². The summed E-state index contributed by atoms with van der Waals surface area (Å²) in [7, 11) is 1.43. The Morgan fingerprint density at radius 2 is 2.44 bits per heavy atom. The molecule has 2 rings (SSSR count). The number of esters is 1. The van der Waals surface area contributed by atoms with Crippen molar-refractivity contribution in [2.24, 2.45) is 0 Å². The first kappa shape index (κ1) is 10.9. The van der Waals surface area contributed by atoms with Crippen LogP contribution in [0.2, 0.25) is 0 Å². The zero-order chi connectivity index (χ0) is 11.4. The number of carbonyl (C=O) groups excluding carboxylic acids is 1. The van der Waals surface area contributed by atoms with E-state index in [1.165, 1.54) is 13.4 Å². The minimum absolute atomic E-state index is 0.182. The second kappa shape index (κ2) is 4.92. The predicted octanol–water partition coefficient (Wildman–Crippen LogP) is 1.01. The van der Waals surface area contributed by atoms with Crippen molar-refractivity contribution in [3.8, 4) is 0 Å². The third kappa shape index (κ3) is 2.13. The molecule has 0 spiro atoms. The maximum absolute atomic E-state index is 11.6. The molecule has 0 bridgehead atoms. The fourth-order valence-electron chi connectivity index (χ4n) is 2.04. The van der Waals surface area contributed by atoms with Gasteiger partial charge in [-0.15, -0.1) is 0 Å². The molecule has 1 aliphatic heterocycles. The lowest BCUT2D eigenvalue weighted by Crippen LogP contribution is -2.45. The first-order valence-corrected chi connectivity index (χ1v) is 5.43. The summed E-state index contributed by atoms with van der Waals surface area (Å²) >= 11 is 0. The van der Waals surface area contributed by atoms with Crippen molar-refractivity contribution in [2.75, 3.05) is 18.6 Å². The molecule has 0 aromatic carbocycles. The fraction of sp³-hybridized carbons (Fsp3) is 0.545. The molecule has 0 aliphatic carbocycles. The number of hydrogen-bond donors (Lipinski definition) is 0. The van der Waals surface area contributed by atoms with Crippen molar-refractivity contribution < 1.29 is 9.53 Å². The molecule has 0 saturated carbocycles. The van der Waals surface area contributed by atoms with Crippen molar-refractivity contribution in [2.45, 2.75) is 25.3 Å². The Morgan fingerprint density at radius 1 is 1.56 bits per heavy atom. The molecular formula is C11H15N3O2. The Morgan fingerprint density at radius 3 is 3.12 bits per heavy atom. The summed E-state index contributed by atoms with van der Waals surface area (Å²) in [5.41, 5.74) is 0. The molecule has 1 aliphatic rings. The van der Waals surface area contributed by atoms with Gasteiger partial charge in [-0.05, 0) is 25.3 Å². The molecule has 2 heterocycles. The fourth-order valence-corrected chi connectivity index (χ4v) is 2.04. The van der Waals surface area contributed by atoms with Gasteiger partial charge in [-0.3, -0.25) is 0 Å². The summed E-state index contributed by atoms with van der Waals surface area (Å²) in [4.78, 5) is 21.7. The zero-order valence-corrected chi connectivity index (χ0v) is 9.30. The average Bonchev–Trinajstić information content (AvgIpc) is 2.39. The standard InChI is InChI=1S/C11H15N3O2/c1-16-11(15)9-4-2-3-7-14(9)10-5-6-12-8-13-10/h5-6,8-9H,2-4,7H2,1H3. The third-order valence-electron chi connectivity index (χ3n) is 2.84. The van der Waals surface area contributed by atoms with E-state index in [4.69, 9.17) is 4.74 Å². The average molecular weight is 221 g/mol. The van der Waals surface area contributed by atoms with Crippen LogP contribution in [-0.4, -0.2) is 35.6 Å². The molecule has 0 N–H and O–H groups in total. The van der Waals surface area contributed by atoms with E-state index in [0.717, 1.165) is 31.6 Å². The van der Waals surface area contributed by atoms with E-state index in [1.807, 2.05) is 11.0 Å². The number of aromatic nitrogens is 2. The highest BCUT2D eigenvalue weighted by Gasteiger charge is 2.30. The Labute approximate surface area is 94.5 Å². The molecule has 1 aromatic heterocycles. The summed E-state index contributed by atoms with van der Waals surface area (Å²) < 4.78 is 4.82. The Bertz CT molecular complexity index is 356. The monoisotopic (exact) mass is 221 g/mol. The zero-order valence-electron chi connectivity index (χ0n) is 9.30. The highest BCUT2D eigenvalue weighted by molar-refractivity contribution is 5.79. The summed E-state index contributed by atoms with van der Waals surface area (Å²) in [6.07, 6.45) is 6.15. The minimum atomic E-state index is -0.200. The Kier molecular flexibility index (Phi) is 3.34. The van der Waals surface area contributed by atoms with E-state index in [9.17, 15) is 4.79 Å². The summed E-state index contributed by atoms with van der Waals surface area (Å²) in [6, 6.07) is 1.62. The van der Waals surface area contributed by atoms with Gasteiger partial charge >= 0.3 is 5.97 Å². The van der Waals surface area contributed by atoms with Crippen LogP contribution in [0.15, 0.2) is 18.6 Å². The molecule has 5 nitrogen and oxygen atoms in total. The van der Waals surface area contributed by atoms with Crippen LogP contribution < -0.4 is 4.90 Å². The van der Waals surface area contributed by atoms with Crippen molar-refractivity contribution in [3.63, 3.8) is 0 Å². The number of anilines is 1. The van der Waals surface area contributed by atoms with Crippen LogP contribution >= 0.6 is 0 Å². The number of carbonyl (C=O) groups is 1. The van der Waals surface area contributed by atoms with E-state index >= 15 is 0 Å².